The van der Waals surface area contributed by atoms with E-state index in [1.807, 2.05) is 0 Å². The van der Waals surface area contributed by atoms with Crippen LogP contribution in [0.4, 0.5) is 9.18 Å². The highest BCUT2D eigenvalue weighted by Gasteiger charge is 2.75. The van der Waals surface area contributed by atoms with Gasteiger partial charge in [0.25, 0.3) is 0 Å². The first-order chi connectivity index (χ1) is 16.3. The maximum absolute atomic E-state index is 17.3. The molecule has 0 bridgehead atoms. The van der Waals surface area contributed by atoms with Crippen molar-refractivity contribution in [3.8, 4) is 0 Å². The molecule has 4 aliphatic carbocycles. The number of allylic oxidation sites excluding steroid dienone is 4. The van der Waals surface area contributed by atoms with Crippen molar-refractivity contribution in [2.24, 2.45) is 33.7 Å². The molecule has 0 heterocycles. The van der Waals surface area contributed by atoms with Crippen molar-refractivity contribution < 1.29 is 34.0 Å². The lowest BCUT2D eigenvalue weighted by Gasteiger charge is -2.62. The Morgan fingerprint density at radius 1 is 1.31 bits per heavy atom. The van der Waals surface area contributed by atoms with Gasteiger partial charge >= 0.3 is 6.09 Å². The van der Waals surface area contributed by atoms with Gasteiger partial charge in [-0.2, -0.15) is 5.10 Å². The SMILES string of the molecule is CC(C)OC(=O)N/N=C1\C=C[C@@]2(C)C(=C1)CC[C@H]1[C@@H]3C[C@@H](C)[C@](O)(C(=O)CO)[C@@]3(C)C[C@H](O)[C@@]12F. The Morgan fingerprint density at radius 3 is 2.63 bits per heavy atom. The number of nitrogens with zero attached hydrogens (tertiary/aromatic N) is 1. The minimum Gasteiger partial charge on any atom is -0.446 e. The first kappa shape index (κ1) is 26.0. The van der Waals surface area contributed by atoms with Gasteiger partial charge in [-0.15, -0.1) is 0 Å². The maximum atomic E-state index is 17.3. The van der Waals surface area contributed by atoms with E-state index in [-0.39, 0.29) is 18.4 Å². The Morgan fingerprint density at radius 2 is 2.00 bits per heavy atom. The van der Waals surface area contributed by atoms with Gasteiger partial charge in [0.05, 0.1) is 17.9 Å². The van der Waals surface area contributed by atoms with E-state index in [1.54, 1.807) is 52.8 Å². The minimum atomic E-state index is -2.01. The normalized spacial score (nSPS) is 45.4. The molecule has 8 atom stereocenters. The second kappa shape index (κ2) is 8.49. The van der Waals surface area contributed by atoms with Gasteiger partial charge < -0.3 is 20.1 Å². The Bertz CT molecular complexity index is 1010. The van der Waals surface area contributed by atoms with E-state index in [9.17, 15) is 24.9 Å². The van der Waals surface area contributed by atoms with E-state index in [2.05, 4.69) is 10.5 Å². The fourth-order valence-electron chi connectivity index (χ4n) is 7.69. The highest BCUT2D eigenvalue weighted by atomic mass is 19.1. The monoisotopic (exact) mass is 492 g/mol. The second-order valence-corrected chi connectivity index (χ2v) is 11.4. The molecule has 4 N–H and O–H groups in total. The first-order valence-corrected chi connectivity index (χ1v) is 12.4. The molecule has 4 aliphatic rings. The number of nitrogens with one attached hydrogen (secondary N) is 1. The molecule has 3 fully saturated rings. The van der Waals surface area contributed by atoms with E-state index >= 15 is 4.39 Å². The zero-order valence-corrected chi connectivity index (χ0v) is 21.0. The van der Waals surface area contributed by atoms with E-state index in [1.165, 1.54) is 0 Å². The number of fused-ring (bicyclic) bond motifs is 5. The molecule has 35 heavy (non-hydrogen) atoms. The van der Waals surface area contributed by atoms with Crippen molar-refractivity contribution in [3.63, 3.8) is 0 Å². The van der Waals surface area contributed by atoms with Crippen molar-refractivity contribution in [3.05, 3.63) is 23.8 Å². The third-order valence-electron chi connectivity index (χ3n) is 9.42. The Labute approximate surface area is 205 Å². The van der Waals surface area contributed by atoms with Crippen LogP contribution in [0, 0.1) is 28.6 Å². The molecule has 0 saturated heterocycles. The molecule has 0 spiro atoms. The third-order valence-corrected chi connectivity index (χ3v) is 9.42. The quantitative estimate of drug-likeness (QED) is 0.447. The molecule has 8 nitrogen and oxygen atoms in total. The molecule has 0 aliphatic heterocycles. The van der Waals surface area contributed by atoms with Crippen LogP contribution in [-0.2, 0) is 9.53 Å². The summed E-state index contributed by atoms with van der Waals surface area (Å²) in [5, 5.41) is 36.5. The van der Waals surface area contributed by atoms with Gasteiger partial charge in [-0.1, -0.05) is 25.5 Å². The van der Waals surface area contributed by atoms with Crippen molar-refractivity contribution in [2.45, 2.75) is 83.8 Å². The predicted molar refractivity (Wildman–Crippen MR) is 127 cm³/mol. The smallest absolute Gasteiger partial charge is 0.428 e. The van der Waals surface area contributed by atoms with Crippen molar-refractivity contribution in [1.82, 2.24) is 5.43 Å². The number of halogens is 1. The number of hydrazone groups is 1. The number of Topliss-reactive ketones (excluding diaryl/α,β-unsaturated/α-hetero) is 1. The topological polar surface area (TPSA) is 128 Å². The highest BCUT2D eigenvalue weighted by Crippen LogP contribution is 2.70. The van der Waals surface area contributed by atoms with Gasteiger partial charge in [0, 0.05) is 16.7 Å². The van der Waals surface area contributed by atoms with Crippen LogP contribution < -0.4 is 5.43 Å². The van der Waals surface area contributed by atoms with Crippen molar-refractivity contribution in [2.75, 3.05) is 6.61 Å². The average molecular weight is 493 g/mol. The summed E-state index contributed by atoms with van der Waals surface area (Å²) in [5.41, 5.74) is -2.43. The Hall–Kier alpha value is -2.10. The van der Waals surface area contributed by atoms with Crippen LogP contribution in [0.1, 0.15) is 60.3 Å². The average Bonchev–Trinajstić information content (AvgIpc) is 2.99. The summed E-state index contributed by atoms with van der Waals surface area (Å²) in [6.45, 7) is 7.96. The Kier molecular flexibility index (Phi) is 6.30. The number of carbonyl (C=O) groups excluding carboxylic acids is 2. The standard InChI is InChI=1S/C26H37FN2O6/c1-14(2)35-22(33)29-28-17-8-9-23(4)16(11-17)6-7-18-19-10-15(3)26(34,21(32)13-30)24(19,5)12-20(31)25(18,23)27/h8-9,11,14-15,18-20,30-31,34H,6-7,10,12-13H2,1-5H3,(H,29,33)/b28-17+/t15-,18+,19+,20+,23+,24+,25+,26+/m1/s1. The van der Waals surface area contributed by atoms with Crippen molar-refractivity contribution in [1.29, 1.82) is 0 Å². The van der Waals surface area contributed by atoms with Crippen molar-refractivity contribution >= 4 is 17.6 Å². The van der Waals surface area contributed by atoms with Crippen LogP contribution in [0.2, 0.25) is 0 Å². The second-order valence-electron chi connectivity index (χ2n) is 11.4. The lowest BCUT2D eigenvalue weighted by molar-refractivity contribution is -0.219. The fourth-order valence-corrected chi connectivity index (χ4v) is 7.69. The molecule has 3 saturated carbocycles. The summed E-state index contributed by atoms with van der Waals surface area (Å²) in [7, 11) is 0. The van der Waals surface area contributed by atoms with Gasteiger partial charge in [0.15, 0.2) is 11.5 Å². The summed E-state index contributed by atoms with van der Waals surface area (Å²) in [5.74, 6) is -2.05. The molecule has 0 aromatic carbocycles. The molecule has 0 radical (unpaired) electrons. The summed E-state index contributed by atoms with van der Waals surface area (Å²) < 4.78 is 22.3. The zero-order valence-electron chi connectivity index (χ0n) is 21.0. The molecule has 0 aromatic heterocycles. The van der Waals surface area contributed by atoms with E-state index < -0.39 is 58.5 Å². The summed E-state index contributed by atoms with van der Waals surface area (Å²) in [6, 6.07) is 0. The van der Waals surface area contributed by atoms with E-state index in [0.717, 1.165) is 5.57 Å². The predicted octanol–water partition coefficient (Wildman–Crippen LogP) is 2.82. The van der Waals surface area contributed by atoms with Crippen LogP contribution in [-0.4, -0.2) is 63.0 Å². The molecule has 1 amide bonds. The molecule has 9 heteroatoms. The fraction of sp³-hybridized carbons (Fsp3) is 0.731. The summed E-state index contributed by atoms with van der Waals surface area (Å²) in [4.78, 5) is 24.5. The summed E-state index contributed by atoms with van der Waals surface area (Å²) in [6.07, 6.45) is 4.03. The van der Waals surface area contributed by atoms with E-state index in [0.29, 0.717) is 25.0 Å². The van der Waals surface area contributed by atoms with Crippen LogP contribution in [0.5, 0.6) is 0 Å². The number of hydrogen-bond acceptors (Lipinski definition) is 7. The zero-order chi connectivity index (χ0) is 26.0. The number of aliphatic hydroxyl groups excluding tert-OH is 2. The van der Waals surface area contributed by atoms with Gasteiger partial charge in [-0.25, -0.2) is 14.6 Å². The number of alkyl halides is 1. The first-order valence-electron chi connectivity index (χ1n) is 12.4. The third kappa shape index (κ3) is 3.45. The molecular formula is C26H37FN2O6. The highest BCUT2D eigenvalue weighted by molar-refractivity contribution is 6.06. The molecular weight excluding hydrogens is 455 g/mol. The largest absolute Gasteiger partial charge is 0.446 e. The number of ether oxygens (including phenoxy) is 1. The number of aliphatic hydroxyl groups is 3. The molecule has 0 unspecified atom stereocenters. The number of hydrogen-bond donors (Lipinski definition) is 4. The van der Waals surface area contributed by atoms with Crippen LogP contribution in [0.3, 0.4) is 0 Å². The summed E-state index contributed by atoms with van der Waals surface area (Å²) >= 11 is 0. The van der Waals surface area contributed by atoms with Gasteiger partial charge in [0.2, 0.25) is 0 Å². The Balaban J connectivity index is 1.67. The van der Waals surface area contributed by atoms with Crippen LogP contribution in [0.15, 0.2) is 28.9 Å². The number of carbonyl (C=O) groups is 2. The maximum Gasteiger partial charge on any atom is 0.428 e. The molecule has 194 valence electrons. The number of ketones is 1. The lowest BCUT2D eigenvalue weighted by atomic mass is 9.44. The van der Waals surface area contributed by atoms with Crippen LogP contribution >= 0.6 is 0 Å². The molecule has 0 aromatic rings. The van der Waals surface area contributed by atoms with Gasteiger partial charge in [-0.3, -0.25) is 4.79 Å². The lowest BCUT2D eigenvalue weighted by Crippen LogP contribution is -2.69. The van der Waals surface area contributed by atoms with Crippen LogP contribution in [0.25, 0.3) is 0 Å². The number of rotatable bonds is 4. The van der Waals surface area contributed by atoms with Gasteiger partial charge in [-0.05, 0) is 70.4 Å². The minimum absolute atomic E-state index is 0.0858. The van der Waals surface area contributed by atoms with E-state index in [4.69, 9.17) is 4.74 Å². The van der Waals surface area contributed by atoms with Gasteiger partial charge in [0.1, 0.15) is 12.2 Å². The number of amides is 1. The molecule has 4 rings (SSSR count).